The first-order chi connectivity index (χ1) is 12.9. The summed E-state index contributed by atoms with van der Waals surface area (Å²) < 4.78 is 7.64. The zero-order chi connectivity index (χ0) is 19.6. The number of aryl methyl sites for hydroxylation is 1. The molecule has 0 bridgehead atoms. The Morgan fingerprint density at radius 1 is 1.30 bits per heavy atom. The number of ether oxygens (including phenoxy) is 1. The second kappa shape index (κ2) is 8.43. The Morgan fingerprint density at radius 3 is 2.78 bits per heavy atom. The van der Waals surface area contributed by atoms with E-state index in [1.807, 2.05) is 49.4 Å². The van der Waals surface area contributed by atoms with Crippen molar-refractivity contribution >= 4 is 51.2 Å². The van der Waals surface area contributed by atoms with Gasteiger partial charge in [-0.2, -0.15) is 0 Å². The van der Waals surface area contributed by atoms with E-state index in [1.165, 1.54) is 11.8 Å². The first-order valence-corrected chi connectivity index (χ1v) is 10.5. The van der Waals surface area contributed by atoms with E-state index >= 15 is 0 Å². The van der Waals surface area contributed by atoms with Gasteiger partial charge in [0.1, 0.15) is 5.25 Å². The Bertz CT molecular complexity index is 1060. The third kappa shape index (κ3) is 4.35. The van der Waals surface area contributed by atoms with Crippen LogP contribution < -0.4 is 5.56 Å². The van der Waals surface area contributed by atoms with Crippen molar-refractivity contribution in [3.05, 3.63) is 62.0 Å². The van der Waals surface area contributed by atoms with Gasteiger partial charge in [-0.3, -0.25) is 14.2 Å². The molecule has 27 heavy (non-hydrogen) atoms. The molecule has 0 amide bonds. The van der Waals surface area contributed by atoms with E-state index in [4.69, 9.17) is 4.74 Å². The standard InChI is InChI=1S/C20H19IN2O3S/c1-4-26-19(25)13(3)27-20-22-17-9-8-14(21)11-16(17)18(24)23(20)15-7-5-6-12(2)10-15/h5-11,13H,4H2,1-3H3. The van der Waals surface area contributed by atoms with Crippen LogP contribution in [-0.4, -0.2) is 27.4 Å². The SMILES string of the molecule is CCOC(=O)C(C)Sc1nc2ccc(I)cc2c(=O)n1-c1cccc(C)c1. The van der Waals surface area contributed by atoms with Crippen LogP contribution in [-0.2, 0) is 9.53 Å². The zero-order valence-corrected chi connectivity index (χ0v) is 18.2. The molecule has 3 aromatic rings. The number of aromatic nitrogens is 2. The zero-order valence-electron chi connectivity index (χ0n) is 15.2. The molecule has 1 heterocycles. The summed E-state index contributed by atoms with van der Waals surface area (Å²) in [5.41, 5.74) is 2.23. The molecule has 1 unspecified atom stereocenters. The summed E-state index contributed by atoms with van der Waals surface area (Å²) in [5.74, 6) is -0.324. The van der Waals surface area contributed by atoms with Gasteiger partial charge in [0, 0.05) is 3.57 Å². The summed E-state index contributed by atoms with van der Waals surface area (Å²) in [4.78, 5) is 30.0. The van der Waals surface area contributed by atoms with Gasteiger partial charge in [-0.05, 0) is 79.3 Å². The third-order valence-corrected chi connectivity index (χ3v) is 5.66. The summed E-state index contributed by atoms with van der Waals surface area (Å²) in [6.07, 6.45) is 0. The van der Waals surface area contributed by atoms with Gasteiger partial charge in [0.15, 0.2) is 5.16 Å². The van der Waals surface area contributed by atoms with Crippen LogP contribution in [0.5, 0.6) is 0 Å². The van der Waals surface area contributed by atoms with Crippen molar-refractivity contribution in [1.29, 1.82) is 0 Å². The molecule has 2 aromatic carbocycles. The fraction of sp³-hybridized carbons (Fsp3) is 0.250. The van der Waals surface area contributed by atoms with Crippen molar-refractivity contribution in [2.45, 2.75) is 31.2 Å². The third-order valence-electron chi connectivity index (χ3n) is 3.96. The van der Waals surface area contributed by atoms with E-state index in [0.717, 1.165) is 14.8 Å². The molecule has 0 saturated heterocycles. The number of hydrogen-bond acceptors (Lipinski definition) is 5. The lowest BCUT2D eigenvalue weighted by molar-refractivity contribution is -0.142. The highest BCUT2D eigenvalue weighted by atomic mass is 127. The van der Waals surface area contributed by atoms with E-state index < -0.39 is 5.25 Å². The minimum Gasteiger partial charge on any atom is -0.465 e. The lowest BCUT2D eigenvalue weighted by Crippen LogP contribution is -2.24. The van der Waals surface area contributed by atoms with E-state index in [1.54, 1.807) is 18.4 Å². The molecule has 3 rings (SSSR count). The van der Waals surface area contributed by atoms with Crippen molar-refractivity contribution < 1.29 is 9.53 Å². The monoisotopic (exact) mass is 494 g/mol. The van der Waals surface area contributed by atoms with Gasteiger partial charge in [0.2, 0.25) is 0 Å². The highest BCUT2D eigenvalue weighted by molar-refractivity contribution is 14.1. The van der Waals surface area contributed by atoms with Crippen molar-refractivity contribution in [3.8, 4) is 5.69 Å². The number of nitrogens with zero attached hydrogens (tertiary/aromatic N) is 2. The summed E-state index contributed by atoms with van der Waals surface area (Å²) in [6, 6.07) is 13.3. The number of carbonyl (C=O) groups is 1. The van der Waals surface area contributed by atoms with Gasteiger partial charge in [-0.15, -0.1) is 0 Å². The Kier molecular flexibility index (Phi) is 6.21. The van der Waals surface area contributed by atoms with E-state index in [0.29, 0.717) is 22.7 Å². The molecule has 140 valence electrons. The number of rotatable bonds is 5. The van der Waals surface area contributed by atoms with Gasteiger partial charge in [0.05, 0.1) is 23.2 Å². The largest absolute Gasteiger partial charge is 0.465 e. The second-order valence-corrected chi connectivity index (χ2v) is 8.60. The second-order valence-electron chi connectivity index (χ2n) is 6.05. The lowest BCUT2D eigenvalue weighted by Gasteiger charge is -2.16. The number of thioether (sulfide) groups is 1. The first kappa shape index (κ1) is 19.9. The van der Waals surface area contributed by atoms with Gasteiger partial charge < -0.3 is 4.74 Å². The van der Waals surface area contributed by atoms with Crippen LogP contribution in [0, 0.1) is 10.5 Å². The van der Waals surface area contributed by atoms with Crippen LogP contribution in [0.25, 0.3) is 16.6 Å². The Morgan fingerprint density at radius 2 is 2.07 bits per heavy atom. The van der Waals surface area contributed by atoms with Crippen molar-refractivity contribution in [2.24, 2.45) is 0 Å². The highest BCUT2D eigenvalue weighted by Gasteiger charge is 2.21. The predicted molar refractivity (Wildman–Crippen MR) is 117 cm³/mol. The van der Waals surface area contributed by atoms with Crippen molar-refractivity contribution in [1.82, 2.24) is 9.55 Å². The number of benzene rings is 2. The molecule has 5 nitrogen and oxygen atoms in total. The number of hydrogen-bond donors (Lipinski definition) is 0. The van der Waals surface area contributed by atoms with Crippen LogP contribution in [0.1, 0.15) is 19.4 Å². The van der Waals surface area contributed by atoms with Crippen LogP contribution in [0.2, 0.25) is 0 Å². The maximum atomic E-state index is 13.3. The molecule has 7 heteroatoms. The number of halogens is 1. The minimum absolute atomic E-state index is 0.150. The van der Waals surface area contributed by atoms with Gasteiger partial charge in [-0.1, -0.05) is 23.9 Å². The maximum absolute atomic E-state index is 13.3. The molecule has 0 aliphatic carbocycles. The van der Waals surface area contributed by atoms with Gasteiger partial charge >= 0.3 is 5.97 Å². The molecule has 1 aromatic heterocycles. The lowest BCUT2D eigenvalue weighted by atomic mass is 10.2. The molecule has 0 aliphatic rings. The molecule has 0 spiro atoms. The average molecular weight is 494 g/mol. The summed E-state index contributed by atoms with van der Waals surface area (Å²) in [7, 11) is 0. The summed E-state index contributed by atoms with van der Waals surface area (Å²) in [5, 5.41) is 0.547. The molecule has 0 saturated carbocycles. The maximum Gasteiger partial charge on any atom is 0.319 e. The average Bonchev–Trinajstić information content (AvgIpc) is 2.63. The van der Waals surface area contributed by atoms with E-state index in [2.05, 4.69) is 27.6 Å². The van der Waals surface area contributed by atoms with Gasteiger partial charge in [0.25, 0.3) is 5.56 Å². The van der Waals surface area contributed by atoms with E-state index in [-0.39, 0.29) is 11.5 Å². The normalized spacial score (nSPS) is 12.1. The topological polar surface area (TPSA) is 61.2 Å². The van der Waals surface area contributed by atoms with Crippen molar-refractivity contribution in [3.63, 3.8) is 0 Å². The Hall–Kier alpha value is -1.87. The molecule has 0 fully saturated rings. The van der Waals surface area contributed by atoms with Gasteiger partial charge in [-0.25, -0.2) is 4.98 Å². The molecular weight excluding hydrogens is 475 g/mol. The van der Waals surface area contributed by atoms with Crippen LogP contribution in [0.3, 0.4) is 0 Å². The smallest absolute Gasteiger partial charge is 0.319 e. The molecule has 0 radical (unpaired) electrons. The van der Waals surface area contributed by atoms with Crippen LogP contribution in [0.4, 0.5) is 0 Å². The number of fused-ring (bicyclic) bond motifs is 1. The first-order valence-electron chi connectivity index (χ1n) is 8.53. The fourth-order valence-corrected chi connectivity index (χ4v) is 4.09. The summed E-state index contributed by atoms with van der Waals surface area (Å²) >= 11 is 3.41. The quantitative estimate of drug-likeness (QED) is 0.229. The highest BCUT2D eigenvalue weighted by Crippen LogP contribution is 2.26. The van der Waals surface area contributed by atoms with Crippen molar-refractivity contribution in [2.75, 3.05) is 6.61 Å². The molecule has 0 aliphatic heterocycles. The molecular formula is C20H19IN2O3S. The number of esters is 1. The summed E-state index contributed by atoms with van der Waals surface area (Å²) in [6.45, 7) is 5.82. The fourth-order valence-electron chi connectivity index (χ4n) is 2.68. The van der Waals surface area contributed by atoms with Crippen LogP contribution in [0.15, 0.2) is 52.4 Å². The molecule has 0 N–H and O–H groups in total. The Balaban J connectivity index is 2.21. The van der Waals surface area contributed by atoms with Crippen LogP contribution >= 0.6 is 34.4 Å². The minimum atomic E-state index is -0.478. The number of carbonyl (C=O) groups excluding carboxylic acids is 1. The predicted octanol–water partition coefficient (Wildman–Crippen LogP) is 4.34. The van der Waals surface area contributed by atoms with E-state index in [9.17, 15) is 9.59 Å². The molecule has 1 atom stereocenters. The Labute approximate surface area is 175 Å².